The summed E-state index contributed by atoms with van der Waals surface area (Å²) in [7, 11) is 0. The van der Waals surface area contributed by atoms with Crippen LogP contribution >= 0.6 is 0 Å². The van der Waals surface area contributed by atoms with Crippen LogP contribution in [-0.4, -0.2) is 46.9 Å². The summed E-state index contributed by atoms with van der Waals surface area (Å²) in [6, 6.07) is -0.720. The Bertz CT molecular complexity index is 1060. The average Bonchev–Trinajstić information content (AvgIpc) is 3.23. The Morgan fingerprint density at radius 3 is 1.44 bits per heavy atom. The zero-order valence-corrected chi connectivity index (χ0v) is 38.9. The zero-order valence-electron chi connectivity index (χ0n) is 38.9. The normalized spacial score (nSPS) is 13.8. The van der Waals surface area contributed by atoms with Crippen LogP contribution in [0.1, 0.15) is 239 Å². The van der Waals surface area contributed by atoms with Crippen molar-refractivity contribution in [3.8, 4) is 0 Å². The minimum absolute atomic E-state index is 0.0356. The van der Waals surface area contributed by atoms with E-state index in [1.165, 1.54) is 109 Å². The van der Waals surface area contributed by atoms with Crippen molar-refractivity contribution >= 4 is 11.9 Å². The van der Waals surface area contributed by atoms with Gasteiger partial charge in [-0.2, -0.15) is 0 Å². The number of rotatable bonds is 44. The van der Waals surface area contributed by atoms with Crippen LogP contribution in [0.2, 0.25) is 0 Å². The molecule has 0 aromatic carbocycles. The molecule has 0 radical (unpaired) electrons. The van der Waals surface area contributed by atoms with Crippen LogP contribution in [0, 0.1) is 0 Å². The van der Waals surface area contributed by atoms with Crippen LogP contribution in [0.5, 0.6) is 0 Å². The molecule has 3 unspecified atom stereocenters. The Morgan fingerprint density at radius 1 is 0.508 bits per heavy atom. The molecule has 342 valence electrons. The van der Waals surface area contributed by atoms with E-state index in [9.17, 15) is 19.8 Å². The van der Waals surface area contributed by atoms with E-state index in [4.69, 9.17) is 4.74 Å². The molecule has 1 amide bonds. The minimum atomic E-state index is -0.803. The molecule has 0 rings (SSSR count). The van der Waals surface area contributed by atoms with Gasteiger partial charge in [0.15, 0.2) is 0 Å². The van der Waals surface area contributed by atoms with Gasteiger partial charge in [-0.1, -0.05) is 204 Å². The molecular weight excluding hydrogens is 731 g/mol. The molecule has 0 heterocycles. The third-order valence-corrected chi connectivity index (χ3v) is 11.1. The highest BCUT2D eigenvalue weighted by Gasteiger charge is 2.24. The van der Waals surface area contributed by atoms with Crippen molar-refractivity contribution in [1.82, 2.24) is 5.32 Å². The smallest absolute Gasteiger partial charge is 0.306 e. The highest BCUT2D eigenvalue weighted by atomic mass is 16.5. The topological polar surface area (TPSA) is 95.9 Å². The number of aliphatic hydroxyl groups excluding tert-OH is 2. The van der Waals surface area contributed by atoms with Crippen molar-refractivity contribution < 1.29 is 24.5 Å². The molecule has 0 fully saturated rings. The molecule has 6 nitrogen and oxygen atoms in total. The SMILES string of the molecule is CC/C=C/C/C=C/C/C=C/C/C=C/CCCC(CC(=O)NC(CO)C(O)CCCCCCCCCCCC)OC(=O)CCCCCCC/C=C/CCCCCCCCC. The second-order valence-corrected chi connectivity index (χ2v) is 16.8. The Morgan fingerprint density at radius 2 is 0.932 bits per heavy atom. The van der Waals surface area contributed by atoms with Gasteiger partial charge in [0.25, 0.3) is 0 Å². The lowest BCUT2D eigenvalue weighted by atomic mass is 10.0. The number of unbranched alkanes of at least 4 members (excludes halogenated alkanes) is 22. The maximum atomic E-state index is 13.2. The molecule has 0 aromatic rings. The van der Waals surface area contributed by atoms with E-state index in [2.05, 4.69) is 86.8 Å². The third kappa shape index (κ3) is 42.1. The fraction of sp³-hybridized carbons (Fsp3) is 0.774. The monoisotopic (exact) mass is 826 g/mol. The van der Waals surface area contributed by atoms with Crippen LogP contribution in [0.25, 0.3) is 0 Å². The molecule has 0 aliphatic carbocycles. The second-order valence-electron chi connectivity index (χ2n) is 16.8. The van der Waals surface area contributed by atoms with Crippen molar-refractivity contribution in [2.45, 2.75) is 257 Å². The van der Waals surface area contributed by atoms with Crippen molar-refractivity contribution in [3.63, 3.8) is 0 Å². The summed E-state index contributed by atoms with van der Waals surface area (Å²) in [6.45, 7) is 6.33. The first kappa shape index (κ1) is 56.6. The van der Waals surface area contributed by atoms with Crippen LogP contribution < -0.4 is 5.32 Å². The van der Waals surface area contributed by atoms with E-state index in [1.54, 1.807) is 0 Å². The summed E-state index contributed by atoms with van der Waals surface area (Å²) in [4.78, 5) is 26.1. The number of amides is 1. The average molecular weight is 826 g/mol. The van der Waals surface area contributed by atoms with Crippen LogP contribution in [0.15, 0.2) is 60.8 Å². The number of hydrogen-bond donors (Lipinski definition) is 3. The molecule has 6 heteroatoms. The number of hydrogen-bond acceptors (Lipinski definition) is 5. The Labute approximate surface area is 365 Å². The van der Waals surface area contributed by atoms with Gasteiger partial charge in [-0.15, -0.1) is 0 Å². The van der Waals surface area contributed by atoms with E-state index in [0.717, 1.165) is 83.5 Å². The van der Waals surface area contributed by atoms with Crippen LogP contribution in [-0.2, 0) is 14.3 Å². The molecular formula is C53H95NO5. The van der Waals surface area contributed by atoms with E-state index >= 15 is 0 Å². The Kier molecular flexibility index (Phi) is 44.7. The van der Waals surface area contributed by atoms with Gasteiger partial charge in [-0.05, 0) is 83.5 Å². The molecule has 0 bridgehead atoms. The first-order valence-corrected chi connectivity index (χ1v) is 25.0. The van der Waals surface area contributed by atoms with Crippen LogP contribution in [0.4, 0.5) is 0 Å². The quantitative estimate of drug-likeness (QED) is 0.0323. The highest BCUT2D eigenvalue weighted by molar-refractivity contribution is 5.77. The van der Waals surface area contributed by atoms with Gasteiger partial charge in [0.2, 0.25) is 5.91 Å². The summed E-state index contributed by atoms with van der Waals surface area (Å²) in [5.41, 5.74) is 0. The highest BCUT2D eigenvalue weighted by Crippen LogP contribution is 2.16. The Balaban J connectivity index is 4.67. The number of carbonyl (C=O) groups excluding carboxylic acids is 2. The van der Waals surface area contributed by atoms with Crippen LogP contribution in [0.3, 0.4) is 0 Å². The fourth-order valence-electron chi connectivity index (χ4n) is 7.30. The van der Waals surface area contributed by atoms with E-state index in [1.807, 2.05) is 0 Å². The van der Waals surface area contributed by atoms with Gasteiger partial charge in [0.1, 0.15) is 6.10 Å². The molecule has 0 saturated carbocycles. The summed E-state index contributed by atoms with van der Waals surface area (Å²) in [5, 5.41) is 23.7. The first-order valence-electron chi connectivity index (χ1n) is 25.0. The number of esters is 1. The lowest BCUT2D eigenvalue weighted by Crippen LogP contribution is -2.46. The Hall–Kier alpha value is -2.44. The van der Waals surface area contributed by atoms with Gasteiger partial charge in [-0.25, -0.2) is 0 Å². The molecule has 0 saturated heterocycles. The molecule has 3 atom stereocenters. The number of ether oxygens (including phenoxy) is 1. The third-order valence-electron chi connectivity index (χ3n) is 11.1. The van der Waals surface area contributed by atoms with Crippen molar-refractivity contribution in [3.05, 3.63) is 60.8 Å². The maximum absolute atomic E-state index is 13.2. The first-order chi connectivity index (χ1) is 29.0. The molecule has 3 N–H and O–H groups in total. The molecule has 59 heavy (non-hydrogen) atoms. The molecule has 0 spiro atoms. The fourth-order valence-corrected chi connectivity index (χ4v) is 7.30. The number of nitrogens with one attached hydrogen (secondary N) is 1. The van der Waals surface area contributed by atoms with Gasteiger partial charge in [0.05, 0.1) is 25.2 Å². The number of carbonyl (C=O) groups is 2. The van der Waals surface area contributed by atoms with E-state index in [-0.39, 0.29) is 24.9 Å². The van der Waals surface area contributed by atoms with Crippen molar-refractivity contribution in [2.75, 3.05) is 6.61 Å². The summed E-state index contributed by atoms with van der Waals surface area (Å²) in [5.74, 6) is -0.538. The number of aliphatic hydroxyl groups is 2. The maximum Gasteiger partial charge on any atom is 0.306 e. The largest absolute Gasteiger partial charge is 0.462 e. The van der Waals surface area contributed by atoms with Gasteiger partial charge in [0, 0.05) is 6.42 Å². The van der Waals surface area contributed by atoms with Gasteiger partial charge in [-0.3, -0.25) is 9.59 Å². The lowest BCUT2D eigenvalue weighted by molar-refractivity contribution is -0.151. The number of allylic oxidation sites excluding steroid dienone is 10. The van der Waals surface area contributed by atoms with Crippen molar-refractivity contribution in [1.29, 1.82) is 0 Å². The zero-order chi connectivity index (χ0) is 43.1. The van der Waals surface area contributed by atoms with E-state index < -0.39 is 18.2 Å². The molecule has 0 aliphatic heterocycles. The minimum Gasteiger partial charge on any atom is -0.462 e. The van der Waals surface area contributed by atoms with Gasteiger partial charge >= 0.3 is 5.97 Å². The standard InChI is InChI=1S/C53H95NO5/c1-4-7-10-13-16-19-22-24-26-27-29-31-34-37-40-43-46-53(58)59-49(44-41-38-35-32-30-28-25-23-20-17-14-11-8-5-2)47-52(57)54-50(48-55)51(56)45-42-39-36-33-21-18-15-12-9-6-3/h8,11,17,20,25-28,32,35,49-51,55-56H,4-7,9-10,12-16,18-19,21-24,29-31,33-34,36-48H2,1-3H3,(H,54,57)/b11-8+,20-17+,27-26+,28-25+,35-32+. The van der Waals surface area contributed by atoms with E-state index in [0.29, 0.717) is 19.3 Å². The van der Waals surface area contributed by atoms with Gasteiger partial charge < -0.3 is 20.3 Å². The lowest BCUT2D eigenvalue weighted by Gasteiger charge is -2.24. The summed E-state index contributed by atoms with van der Waals surface area (Å²) < 4.78 is 5.89. The predicted octanol–water partition coefficient (Wildman–Crippen LogP) is 14.8. The summed E-state index contributed by atoms with van der Waals surface area (Å²) >= 11 is 0. The molecule has 0 aliphatic rings. The molecule has 0 aromatic heterocycles. The second kappa shape index (κ2) is 46.6. The predicted molar refractivity (Wildman–Crippen MR) is 255 cm³/mol. The van der Waals surface area contributed by atoms with Crippen molar-refractivity contribution in [2.24, 2.45) is 0 Å². The summed E-state index contributed by atoms with van der Waals surface area (Å²) in [6.07, 6.45) is 57.1.